The van der Waals surface area contributed by atoms with E-state index in [1.807, 2.05) is 19.0 Å². The molecule has 0 unspecified atom stereocenters. The van der Waals surface area contributed by atoms with Crippen molar-refractivity contribution >= 4 is 6.41 Å². The third-order valence-corrected chi connectivity index (χ3v) is 1.20. The van der Waals surface area contributed by atoms with Crippen molar-refractivity contribution < 1.29 is 4.79 Å². The largest absolute Gasteiger partial charge is 0.308 e. The van der Waals surface area contributed by atoms with Crippen molar-refractivity contribution in [3.63, 3.8) is 0 Å². The van der Waals surface area contributed by atoms with Crippen molar-refractivity contribution in [1.82, 2.24) is 15.3 Å². The summed E-state index contributed by atoms with van der Waals surface area (Å²) in [6, 6.07) is 0. The van der Waals surface area contributed by atoms with Gasteiger partial charge in [0.15, 0.2) is 0 Å². The summed E-state index contributed by atoms with van der Waals surface area (Å²) in [4.78, 5) is 12.2. The van der Waals surface area contributed by atoms with Gasteiger partial charge in [-0.3, -0.25) is 9.80 Å². The lowest BCUT2D eigenvalue weighted by atomic mass is 10.6. The Morgan fingerprint density at radius 3 is 2.30 bits per heavy atom. The molecule has 0 spiro atoms. The average molecular weight is 145 g/mol. The van der Waals surface area contributed by atoms with Crippen LogP contribution in [0.2, 0.25) is 0 Å². The minimum absolute atomic E-state index is 0.715. The lowest BCUT2D eigenvalue weighted by Gasteiger charge is -2.17. The van der Waals surface area contributed by atoms with E-state index >= 15 is 0 Å². The van der Waals surface area contributed by atoms with E-state index in [-0.39, 0.29) is 0 Å². The Balaban J connectivity index is 3.34. The molecule has 0 heterocycles. The molecule has 0 aromatic carbocycles. The van der Waals surface area contributed by atoms with Crippen LogP contribution < -0.4 is 5.43 Å². The van der Waals surface area contributed by atoms with Gasteiger partial charge in [0.1, 0.15) is 0 Å². The molecule has 4 heteroatoms. The first-order valence-corrected chi connectivity index (χ1v) is 3.24. The molecule has 0 aliphatic heterocycles. The van der Waals surface area contributed by atoms with Crippen LogP contribution in [0.15, 0.2) is 0 Å². The number of carbonyl (C=O) groups is 1. The highest BCUT2D eigenvalue weighted by atomic mass is 16.1. The number of hydrogen-bond acceptors (Lipinski definition) is 3. The first kappa shape index (κ1) is 9.39. The predicted molar refractivity (Wildman–Crippen MR) is 40.4 cm³/mol. The molecule has 4 nitrogen and oxygen atoms in total. The van der Waals surface area contributed by atoms with Crippen LogP contribution in [0.3, 0.4) is 0 Å². The zero-order valence-electron chi connectivity index (χ0n) is 6.79. The van der Waals surface area contributed by atoms with E-state index in [1.165, 1.54) is 5.01 Å². The minimum atomic E-state index is 0.715. The number of hydrogen-bond donors (Lipinski definition) is 1. The number of likely N-dealkylation sites (N-methyl/N-ethyl adjacent to an activating group) is 1. The topological polar surface area (TPSA) is 35.6 Å². The molecule has 1 amide bonds. The molecule has 0 aliphatic rings. The number of nitrogens with zero attached hydrogens (tertiary/aromatic N) is 2. The highest BCUT2D eigenvalue weighted by Gasteiger charge is 1.96. The van der Waals surface area contributed by atoms with Crippen molar-refractivity contribution in [1.29, 1.82) is 0 Å². The van der Waals surface area contributed by atoms with Crippen LogP contribution in [-0.2, 0) is 4.79 Å². The van der Waals surface area contributed by atoms with Crippen LogP contribution in [0.5, 0.6) is 0 Å². The van der Waals surface area contributed by atoms with Crippen LogP contribution in [0.4, 0.5) is 0 Å². The number of carbonyl (C=O) groups excluding carboxylic acids is 1. The van der Waals surface area contributed by atoms with E-state index in [4.69, 9.17) is 0 Å². The SMILES string of the molecule is CNN(C=O)CCN(C)C. The molecule has 0 fully saturated rings. The first-order chi connectivity index (χ1) is 4.70. The zero-order valence-corrected chi connectivity index (χ0v) is 6.79. The summed E-state index contributed by atoms with van der Waals surface area (Å²) >= 11 is 0. The van der Waals surface area contributed by atoms with Gasteiger partial charge in [0.25, 0.3) is 0 Å². The average Bonchev–Trinajstić information content (AvgIpc) is 1.90. The van der Waals surface area contributed by atoms with Crippen molar-refractivity contribution in [2.24, 2.45) is 0 Å². The predicted octanol–water partition coefficient (Wildman–Crippen LogP) is -0.859. The van der Waals surface area contributed by atoms with Gasteiger partial charge in [-0.1, -0.05) is 0 Å². The summed E-state index contributed by atoms with van der Waals surface area (Å²) in [6.45, 7) is 1.59. The van der Waals surface area contributed by atoms with Crippen LogP contribution in [-0.4, -0.2) is 50.6 Å². The van der Waals surface area contributed by atoms with E-state index in [2.05, 4.69) is 5.43 Å². The maximum Gasteiger partial charge on any atom is 0.223 e. The fourth-order valence-corrected chi connectivity index (χ4v) is 0.525. The maximum atomic E-state index is 10.2. The second-order valence-electron chi connectivity index (χ2n) is 2.33. The molecule has 0 rings (SSSR count). The Hall–Kier alpha value is -0.610. The molecule has 60 valence electrons. The van der Waals surface area contributed by atoms with E-state index in [0.29, 0.717) is 6.54 Å². The molecule has 0 aromatic heterocycles. The molecule has 10 heavy (non-hydrogen) atoms. The van der Waals surface area contributed by atoms with Gasteiger partial charge < -0.3 is 4.90 Å². The van der Waals surface area contributed by atoms with Gasteiger partial charge in [-0.15, -0.1) is 0 Å². The highest BCUT2D eigenvalue weighted by molar-refractivity contribution is 5.45. The number of rotatable bonds is 5. The standard InChI is InChI=1S/C6H15N3O/c1-7-9(6-10)5-4-8(2)3/h6-7H,4-5H2,1-3H3. The Kier molecular flexibility index (Phi) is 4.88. The van der Waals surface area contributed by atoms with Gasteiger partial charge >= 0.3 is 0 Å². The molecular weight excluding hydrogens is 130 g/mol. The first-order valence-electron chi connectivity index (χ1n) is 3.24. The van der Waals surface area contributed by atoms with Gasteiger partial charge in [-0.2, -0.15) is 0 Å². The Bertz CT molecular complexity index is 95.0. The third kappa shape index (κ3) is 4.29. The van der Waals surface area contributed by atoms with Crippen molar-refractivity contribution in [3.8, 4) is 0 Å². The van der Waals surface area contributed by atoms with Crippen LogP contribution in [0.1, 0.15) is 0 Å². The maximum absolute atomic E-state index is 10.2. The lowest BCUT2D eigenvalue weighted by Crippen LogP contribution is -2.38. The summed E-state index contributed by atoms with van der Waals surface area (Å²) in [5.41, 5.74) is 2.75. The molecule has 0 aliphatic carbocycles. The number of amides is 1. The fraction of sp³-hybridized carbons (Fsp3) is 0.833. The summed E-state index contributed by atoms with van der Waals surface area (Å²) < 4.78 is 0. The van der Waals surface area contributed by atoms with Crippen LogP contribution >= 0.6 is 0 Å². The second kappa shape index (κ2) is 5.20. The van der Waals surface area contributed by atoms with E-state index in [1.54, 1.807) is 7.05 Å². The molecular formula is C6H15N3O. The van der Waals surface area contributed by atoms with Gasteiger partial charge in [0.2, 0.25) is 6.41 Å². The quantitative estimate of drug-likeness (QED) is 0.404. The minimum Gasteiger partial charge on any atom is -0.308 e. The van der Waals surface area contributed by atoms with Crippen molar-refractivity contribution in [2.75, 3.05) is 34.2 Å². The molecule has 0 bridgehead atoms. The molecule has 0 radical (unpaired) electrons. The molecule has 1 N–H and O–H groups in total. The van der Waals surface area contributed by atoms with Crippen molar-refractivity contribution in [2.45, 2.75) is 0 Å². The summed E-state index contributed by atoms with van der Waals surface area (Å²) in [7, 11) is 5.67. The van der Waals surface area contributed by atoms with Crippen molar-refractivity contribution in [3.05, 3.63) is 0 Å². The highest BCUT2D eigenvalue weighted by Crippen LogP contribution is 1.77. The van der Waals surface area contributed by atoms with Gasteiger partial charge in [-0.25, -0.2) is 5.43 Å². The Morgan fingerprint density at radius 1 is 1.40 bits per heavy atom. The second-order valence-corrected chi connectivity index (χ2v) is 2.33. The molecule has 0 aromatic rings. The molecule has 0 atom stereocenters. The lowest BCUT2D eigenvalue weighted by molar-refractivity contribution is -0.120. The zero-order chi connectivity index (χ0) is 7.98. The Morgan fingerprint density at radius 2 is 2.00 bits per heavy atom. The van der Waals surface area contributed by atoms with E-state index < -0.39 is 0 Å². The molecule has 0 saturated heterocycles. The monoisotopic (exact) mass is 145 g/mol. The normalized spacial score (nSPS) is 10.0. The van der Waals surface area contributed by atoms with Gasteiger partial charge in [-0.05, 0) is 14.1 Å². The summed E-state index contributed by atoms with van der Waals surface area (Å²) in [5, 5.41) is 1.50. The van der Waals surface area contributed by atoms with E-state index in [0.717, 1.165) is 13.0 Å². The molecule has 0 saturated carbocycles. The summed E-state index contributed by atoms with van der Waals surface area (Å²) in [5.74, 6) is 0. The van der Waals surface area contributed by atoms with E-state index in [9.17, 15) is 4.79 Å². The number of hydrazine groups is 1. The third-order valence-electron chi connectivity index (χ3n) is 1.20. The Labute approximate surface area is 61.8 Å². The number of nitrogens with one attached hydrogen (secondary N) is 1. The van der Waals surface area contributed by atoms with Gasteiger partial charge in [0, 0.05) is 20.1 Å². The van der Waals surface area contributed by atoms with Crippen LogP contribution in [0, 0.1) is 0 Å². The fourth-order valence-electron chi connectivity index (χ4n) is 0.525. The van der Waals surface area contributed by atoms with Crippen LogP contribution in [0.25, 0.3) is 0 Å². The van der Waals surface area contributed by atoms with Gasteiger partial charge in [0.05, 0.1) is 0 Å². The smallest absolute Gasteiger partial charge is 0.223 e. The summed E-state index contributed by atoms with van der Waals surface area (Å²) in [6.07, 6.45) is 0.781.